The Morgan fingerprint density at radius 3 is 3.00 bits per heavy atom. The minimum absolute atomic E-state index is 0.00431. The molecule has 0 saturated heterocycles. The van der Waals surface area contributed by atoms with Crippen molar-refractivity contribution >= 4 is 28.2 Å². The number of halogens is 2. The zero-order valence-electron chi connectivity index (χ0n) is 9.11. The molecule has 2 aromatic heterocycles. The minimum Gasteiger partial charge on any atom is -0.397 e. The topological polar surface area (TPSA) is 67.6 Å². The minimum atomic E-state index is -0.525. The van der Waals surface area contributed by atoms with Crippen molar-refractivity contribution < 1.29 is 4.39 Å². The average Bonchev–Trinajstić information content (AvgIpc) is 2.77. The number of benzene rings is 1. The number of rotatable bonds is 1. The predicted molar refractivity (Wildman–Crippen MR) is 68.7 cm³/mol. The van der Waals surface area contributed by atoms with Gasteiger partial charge in [-0.25, -0.2) is 14.4 Å². The van der Waals surface area contributed by atoms with Gasteiger partial charge in [-0.1, -0.05) is 12.1 Å². The van der Waals surface area contributed by atoms with E-state index in [4.69, 9.17) is 17.3 Å². The van der Waals surface area contributed by atoms with Crippen LogP contribution in [0.1, 0.15) is 0 Å². The van der Waals surface area contributed by atoms with Crippen molar-refractivity contribution in [1.82, 2.24) is 15.0 Å². The molecule has 0 aliphatic carbocycles. The molecule has 18 heavy (non-hydrogen) atoms. The van der Waals surface area contributed by atoms with Gasteiger partial charge < -0.3 is 10.7 Å². The molecule has 3 N–H and O–H groups in total. The first-order chi connectivity index (χ1) is 8.66. The Balaban J connectivity index is 2.32. The quantitative estimate of drug-likeness (QED) is 0.523. The van der Waals surface area contributed by atoms with Gasteiger partial charge in [0.15, 0.2) is 5.82 Å². The molecule has 2 heterocycles. The number of hydrogen-bond acceptors (Lipinski definition) is 3. The highest BCUT2D eigenvalue weighted by molar-refractivity contribution is 6.28. The molecule has 4 nitrogen and oxygen atoms in total. The van der Waals surface area contributed by atoms with Crippen LogP contribution >= 0.6 is 11.6 Å². The number of anilines is 1. The SMILES string of the molecule is Nc1cccc2c(-c3nc(Cl)ncc3F)c[nH]c12. The van der Waals surface area contributed by atoms with Crippen molar-refractivity contribution in [2.24, 2.45) is 0 Å². The van der Waals surface area contributed by atoms with Crippen molar-refractivity contribution in [3.63, 3.8) is 0 Å². The van der Waals surface area contributed by atoms with E-state index >= 15 is 0 Å². The van der Waals surface area contributed by atoms with Crippen molar-refractivity contribution in [2.45, 2.75) is 0 Å². The number of aromatic nitrogens is 3. The molecule has 3 rings (SSSR count). The number of nitrogens with zero attached hydrogens (tertiary/aromatic N) is 2. The zero-order chi connectivity index (χ0) is 12.7. The smallest absolute Gasteiger partial charge is 0.223 e. The number of nitrogens with one attached hydrogen (secondary N) is 1. The Hall–Kier alpha value is -2.14. The maximum absolute atomic E-state index is 13.7. The molecular formula is C12H8ClFN4. The number of fused-ring (bicyclic) bond motifs is 1. The molecule has 0 atom stereocenters. The Morgan fingerprint density at radius 2 is 2.17 bits per heavy atom. The maximum Gasteiger partial charge on any atom is 0.223 e. The monoisotopic (exact) mass is 262 g/mol. The van der Waals surface area contributed by atoms with Gasteiger partial charge >= 0.3 is 0 Å². The number of H-pyrrole nitrogens is 1. The molecule has 0 bridgehead atoms. The number of aromatic amines is 1. The van der Waals surface area contributed by atoms with E-state index in [0.29, 0.717) is 11.3 Å². The summed E-state index contributed by atoms with van der Waals surface area (Å²) in [5.41, 5.74) is 7.95. The highest BCUT2D eigenvalue weighted by atomic mass is 35.5. The van der Waals surface area contributed by atoms with Crippen molar-refractivity contribution in [3.05, 3.63) is 41.7 Å². The van der Waals surface area contributed by atoms with Crippen LogP contribution in [0, 0.1) is 5.82 Å². The van der Waals surface area contributed by atoms with Crippen LogP contribution in [0.3, 0.4) is 0 Å². The van der Waals surface area contributed by atoms with Crippen LogP contribution in [-0.4, -0.2) is 15.0 Å². The fourth-order valence-corrected chi connectivity index (χ4v) is 2.04. The lowest BCUT2D eigenvalue weighted by atomic mass is 10.1. The summed E-state index contributed by atoms with van der Waals surface area (Å²) in [6.07, 6.45) is 2.71. The third kappa shape index (κ3) is 1.60. The number of para-hydroxylation sites is 1. The molecule has 3 aromatic rings. The van der Waals surface area contributed by atoms with Crippen LogP contribution in [0.25, 0.3) is 22.2 Å². The van der Waals surface area contributed by atoms with Crippen molar-refractivity contribution in [1.29, 1.82) is 0 Å². The van der Waals surface area contributed by atoms with Gasteiger partial charge in [0.1, 0.15) is 5.69 Å². The van der Waals surface area contributed by atoms with Gasteiger partial charge in [0.05, 0.1) is 17.4 Å². The maximum atomic E-state index is 13.7. The highest BCUT2D eigenvalue weighted by Gasteiger charge is 2.14. The van der Waals surface area contributed by atoms with E-state index < -0.39 is 5.82 Å². The molecule has 90 valence electrons. The Labute approximate surface area is 107 Å². The fourth-order valence-electron chi connectivity index (χ4n) is 1.91. The number of nitrogen functional groups attached to an aromatic ring is 1. The van der Waals surface area contributed by atoms with E-state index in [1.165, 1.54) is 0 Å². The van der Waals surface area contributed by atoms with Crippen LogP contribution in [-0.2, 0) is 0 Å². The molecule has 0 spiro atoms. The molecular weight excluding hydrogens is 255 g/mol. The van der Waals surface area contributed by atoms with Gasteiger partial charge in [0, 0.05) is 17.1 Å². The second-order valence-corrected chi connectivity index (χ2v) is 4.15. The summed E-state index contributed by atoms with van der Waals surface area (Å²) in [4.78, 5) is 10.5. The van der Waals surface area contributed by atoms with Crippen LogP contribution in [0.2, 0.25) is 5.28 Å². The van der Waals surface area contributed by atoms with E-state index in [2.05, 4.69) is 15.0 Å². The summed E-state index contributed by atoms with van der Waals surface area (Å²) in [6.45, 7) is 0. The van der Waals surface area contributed by atoms with Crippen LogP contribution in [0.4, 0.5) is 10.1 Å². The summed E-state index contributed by atoms with van der Waals surface area (Å²) < 4.78 is 13.7. The summed E-state index contributed by atoms with van der Waals surface area (Å²) in [5.74, 6) is -0.525. The van der Waals surface area contributed by atoms with Crippen LogP contribution in [0.5, 0.6) is 0 Å². The first kappa shape index (κ1) is 11.0. The second kappa shape index (κ2) is 3.96. The van der Waals surface area contributed by atoms with Crippen LogP contribution < -0.4 is 5.73 Å². The standard InChI is InChI=1S/C12H8ClFN4/c13-12-17-5-8(14)10(18-12)7-4-16-11-6(7)2-1-3-9(11)15/h1-5,16H,15H2. The van der Waals surface area contributed by atoms with Gasteiger partial charge in [-0.05, 0) is 17.7 Å². The molecule has 0 fully saturated rings. The highest BCUT2D eigenvalue weighted by Crippen LogP contribution is 2.31. The number of hydrogen-bond donors (Lipinski definition) is 2. The molecule has 0 radical (unpaired) electrons. The Kier molecular flexibility index (Phi) is 2.41. The van der Waals surface area contributed by atoms with Gasteiger partial charge in [0.2, 0.25) is 5.28 Å². The average molecular weight is 263 g/mol. The van der Waals surface area contributed by atoms with Crippen LogP contribution in [0.15, 0.2) is 30.6 Å². The molecule has 0 amide bonds. The zero-order valence-corrected chi connectivity index (χ0v) is 9.87. The molecule has 0 unspecified atom stereocenters. The lowest BCUT2D eigenvalue weighted by Crippen LogP contribution is -1.92. The fraction of sp³-hybridized carbons (Fsp3) is 0. The molecule has 0 aliphatic heterocycles. The van der Waals surface area contributed by atoms with Crippen molar-refractivity contribution in [3.8, 4) is 11.3 Å². The first-order valence-electron chi connectivity index (χ1n) is 5.21. The van der Waals surface area contributed by atoms with E-state index in [0.717, 1.165) is 17.1 Å². The predicted octanol–water partition coefficient (Wildman–Crippen LogP) is 3.00. The third-order valence-corrected chi connectivity index (χ3v) is 2.90. The van der Waals surface area contributed by atoms with E-state index in [1.807, 2.05) is 6.07 Å². The lowest BCUT2D eigenvalue weighted by Gasteiger charge is -2.01. The normalized spacial score (nSPS) is 11.0. The molecule has 1 aromatic carbocycles. The molecule has 6 heteroatoms. The van der Waals surface area contributed by atoms with Crippen molar-refractivity contribution in [2.75, 3.05) is 5.73 Å². The molecule has 0 saturated carbocycles. The van der Waals surface area contributed by atoms with E-state index in [1.54, 1.807) is 18.3 Å². The second-order valence-electron chi connectivity index (χ2n) is 3.81. The Bertz CT molecular complexity index is 738. The summed E-state index contributed by atoms with van der Waals surface area (Å²) in [6, 6.07) is 5.41. The summed E-state index contributed by atoms with van der Waals surface area (Å²) in [5, 5.41) is 0.799. The third-order valence-electron chi connectivity index (χ3n) is 2.72. The van der Waals surface area contributed by atoms with Gasteiger partial charge in [-0.3, -0.25) is 0 Å². The van der Waals surface area contributed by atoms with E-state index in [-0.39, 0.29) is 11.0 Å². The summed E-state index contributed by atoms with van der Waals surface area (Å²) in [7, 11) is 0. The molecule has 0 aliphatic rings. The van der Waals surface area contributed by atoms with Gasteiger partial charge in [-0.2, -0.15) is 0 Å². The first-order valence-corrected chi connectivity index (χ1v) is 5.58. The summed E-state index contributed by atoms with van der Waals surface area (Å²) >= 11 is 5.69. The Morgan fingerprint density at radius 1 is 1.33 bits per heavy atom. The lowest BCUT2D eigenvalue weighted by molar-refractivity contribution is 0.618. The van der Waals surface area contributed by atoms with Gasteiger partial charge in [-0.15, -0.1) is 0 Å². The number of nitrogens with two attached hydrogens (primary N) is 1. The van der Waals surface area contributed by atoms with E-state index in [9.17, 15) is 4.39 Å². The largest absolute Gasteiger partial charge is 0.397 e. The van der Waals surface area contributed by atoms with Gasteiger partial charge in [0.25, 0.3) is 0 Å².